The topological polar surface area (TPSA) is 74.2 Å². The first-order chi connectivity index (χ1) is 7.18. The van der Waals surface area contributed by atoms with E-state index in [0.29, 0.717) is 11.7 Å². The maximum atomic E-state index is 6.00. The average molecular weight is 211 g/mol. The van der Waals surface area contributed by atoms with Crippen molar-refractivity contribution in [1.82, 2.24) is 10.1 Å². The van der Waals surface area contributed by atoms with E-state index in [2.05, 4.69) is 10.1 Å². The van der Waals surface area contributed by atoms with E-state index < -0.39 is 0 Å². The van der Waals surface area contributed by atoms with Gasteiger partial charge in [0.15, 0.2) is 5.82 Å². The summed E-state index contributed by atoms with van der Waals surface area (Å²) in [5.41, 5.74) is 6.00. The third kappa shape index (κ3) is 2.18. The molecule has 1 saturated heterocycles. The Kier molecular flexibility index (Phi) is 3.02. The molecule has 1 aliphatic heterocycles. The molecule has 1 aliphatic rings. The maximum Gasteiger partial charge on any atom is 0.229 e. The van der Waals surface area contributed by atoms with Crippen LogP contribution in [0.3, 0.4) is 0 Å². The monoisotopic (exact) mass is 211 g/mol. The van der Waals surface area contributed by atoms with E-state index >= 15 is 0 Å². The average Bonchev–Trinajstić information content (AvgIpc) is 2.88. The minimum atomic E-state index is -0.260. The zero-order chi connectivity index (χ0) is 10.8. The summed E-state index contributed by atoms with van der Waals surface area (Å²) < 4.78 is 10.6. The van der Waals surface area contributed by atoms with Crippen LogP contribution in [-0.2, 0) is 4.74 Å². The van der Waals surface area contributed by atoms with Gasteiger partial charge < -0.3 is 15.0 Å². The van der Waals surface area contributed by atoms with Crippen molar-refractivity contribution in [3.63, 3.8) is 0 Å². The van der Waals surface area contributed by atoms with E-state index in [1.807, 2.05) is 13.8 Å². The molecule has 5 heteroatoms. The second kappa shape index (κ2) is 4.28. The van der Waals surface area contributed by atoms with Gasteiger partial charge in [0.25, 0.3) is 0 Å². The van der Waals surface area contributed by atoms with E-state index in [9.17, 15) is 0 Å². The SMILES string of the molecule is CC(C)c1nc(C(N)C2CCCO2)no1. The van der Waals surface area contributed by atoms with Crippen molar-refractivity contribution in [2.45, 2.75) is 44.8 Å². The lowest BCUT2D eigenvalue weighted by Crippen LogP contribution is -2.26. The molecule has 2 N–H and O–H groups in total. The summed E-state index contributed by atoms with van der Waals surface area (Å²) in [6, 6.07) is -0.260. The number of hydrogen-bond donors (Lipinski definition) is 1. The summed E-state index contributed by atoms with van der Waals surface area (Å²) >= 11 is 0. The molecule has 1 fully saturated rings. The fourth-order valence-corrected chi connectivity index (χ4v) is 1.67. The fourth-order valence-electron chi connectivity index (χ4n) is 1.67. The molecule has 2 unspecified atom stereocenters. The summed E-state index contributed by atoms with van der Waals surface area (Å²) in [5.74, 6) is 1.44. The van der Waals surface area contributed by atoms with Crippen LogP contribution >= 0.6 is 0 Å². The molecular weight excluding hydrogens is 194 g/mol. The molecule has 0 bridgehead atoms. The fraction of sp³-hybridized carbons (Fsp3) is 0.800. The number of nitrogens with two attached hydrogens (primary N) is 1. The minimum Gasteiger partial charge on any atom is -0.376 e. The van der Waals surface area contributed by atoms with Crippen molar-refractivity contribution in [3.05, 3.63) is 11.7 Å². The van der Waals surface area contributed by atoms with Crippen LogP contribution in [0.25, 0.3) is 0 Å². The van der Waals surface area contributed by atoms with Gasteiger partial charge in [-0.05, 0) is 12.8 Å². The second-order valence-corrected chi connectivity index (χ2v) is 4.22. The summed E-state index contributed by atoms with van der Waals surface area (Å²) in [5, 5.41) is 3.89. The van der Waals surface area contributed by atoms with Gasteiger partial charge in [0.1, 0.15) is 0 Å². The molecule has 0 aromatic carbocycles. The highest BCUT2D eigenvalue weighted by Gasteiger charge is 2.28. The minimum absolute atomic E-state index is 0.0441. The van der Waals surface area contributed by atoms with E-state index in [4.69, 9.17) is 15.0 Å². The number of nitrogens with zero attached hydrogens (tertiary/aromatic N) is 2. The Hall–Kier alpha value is -0.940. The van der Waals surface area contributed by atoms with Crippen LogP contribution in [0.2, 0.25) is 0 Å². The molecule has 1 aromatic heterocycles. The van der Waals surface area contributed by atoms with Crippen molar-refractivity contribution in [3.8, 4) is 0 Å². The number of hydrogen-bond acceptors (Lipinski definition) is 5. The lowest BCUT2D eigenvalue weighted by Gasteiger charge is -2.14. The second-order valence-electron chi connectivity index (χ2n) is 4.22. The highest BCUT2D eigenvalue weighted by atomic mass is 16.5. The normalized spacial score (nSPS) is 23.6. The lowest BCUT2D eigenvalue weighted by molar-refractivity contribution is 0.0870. The first kappa shape index (κ1) is 10.6. The molecule has 5 nitrogen and oxygen atoms in total. The van der Waals surface area contributed by atoms with Crippen LogP contribution in [0.5, 0.6) is 0 Å². The molecule has 2 heterocycles. The third-order valence-electron chi connectivity index (χ3n) is 2.61. The van der Waals surface area contributed by atoms with Crippen LogP contribution in [0, 0.1) is 0 Å². The van der Waals surface area contributed by atoms with E-state index in [0.717, 1.165) is 19.4 Å². The molecule has 0 saturated carbocycles. The van der Waals surface area contributed by atoms with Crippen molar-refractivity contribution in [2.75, 3.05) is 6.61 Å². The van der Waals surface area contributed by atoms with Gasteiger partial charge in [0.2, 0.25) is 5.89 Å². The Morgan fingerprint density at radius 2 is 2.27 bits per heavy atom. The van der Waals surface area contributed by atoms with Gasteiger partial charge in [0.05, 0.1) is 12.1 Å². The molecule has 0 amide bonds. The molecule has 0 spiro atoms. The molecular formula is C10H17N3O2. The summed E-state index contributed by atoms with van der Waals surface area (Å²) in [7, 11) is 0. The van der Waals surface area contributed by atoms with Gasteiger partial charge in [-0.3, -0.25) is 0 Å². The molecule has 0 radical (unpaired) electrons. The summed E-state index contributed by atoms with van der Waals surface area (Å²) in [4.78, 5) is 4.27. The predicted molar refractivity (Wildman–Crippen MR) is 54.3 cm³/mol. The molecule has 84 valence electrons. The highest BCUT2D eigenvalue weighted by molar-refractivity contribution is 4.99. The van der Waals surface area contributed by atoms with Crippen LogP contribution in [0.4, 0.5) is 0 Å². The van der Waals surface area contributed by atoms with E-state index in [1.54, 1.807) is 0 Å². The highest BCUT2D eigenvalue weighted by Crippen LogP contribution is 2.24. The lowest BCUT2D eigenvalue weighted by atomic mass is 10.1. The Morgan fingerprint density at radius 1 is 1.47 bits per heavy atom. The zero-order valence-corrected chi connectivity index (χ0v) is 9.14. The van der Waals surface area contributed by atoms with E-state index in [1.165, 1.54) is 0 Å². The van der Waals surface area contributed by atoms with Gasteiger partial charge in [-0.1, -0.05) is 19.0 Å². The molecule has 15 heavy (non-hydrogen) atoms. The first-order valence-corrected chi connectivity index (χ1v) is 5.39. The quantitative estimate of drug-likeness (QED) is 0.817. The number of aromatic nitrogens is 2. The molecule has 2 rings (SSSR count). The van der Waals surface area contributed by atoms with Gasteiger partial charge in [-0.2, -0.15) is 4.98 Å². The van der Waals surface area contributed by atoms with Gasteiger partial charge in [-0.15, -0.1) is 0 Å². The predicted octanol–water partition coefficient (Wildman–Crippen LogP) is 1.37. The standard InChI is InChI=1S/C10H17N3O2/c1-6(2)10-12-9(13-15-10)8(11)7-4-3-5-14-7/h6-8H,3-5,11H2,1-2H3. The van der Waals surface area contributed by atoms with Crippen LogP contribution < -0.4 is 5.73 Å². The van der Waals surface area contributed by atoms with Crippen molar-refractivity contribution < 1.29 is 9.26 Å². The number of rotatable bonds is 3. The maximum absolute atomic E-state index is 6.00. The van der Waals surface area contributed by atoms with Gasteiger partial charge in [-0.25, -0.2) is 0 Å². The summed E-state index contributed by atoms with van der Waals surface area (Å²) in [6.45, 7) is 4.80. The van der Waals surface area contributed by atoms with Crippen molar-refractivity contribution >= 4 is 0 Å². The smallest absolute Gasteiger partial charge is 0.229 e. The Bertz CT molecular complexity index is 318. The van der Waals surface area contributed by atoms with E-state index in [-0.39, 0.29) is 18.1 Å². The Labute approximate surface area is 89.0 Å². The van der Waals surface area contributed by atoms with Crippen LogP contribution in [0.1, 0.15) is 50.4 Å². The van der Waals surface area contributed by atoms with Crippen LogP contribution in [0.15, 0.2) is 4.52 Å². The Balaban J connectivity index is 2.07. The zero-order valence-electron chi connectivity index (χ0n) is 9.14. The van der Waals surface area contributed by atoms with Gasteiger partial charge in [0, 0.05) is 12.5 Å². The van der Waals surface area contributed by atoms with Crippen molar-refractivity contribution in [1.29, 1.82) is 0 Å². The molecule has 2 atom stereocenters. The van der Waals surface area contributed by atoms with Gasteiger partial charge >= 0.3 is 0 Å². The molecule has 0 aliphatic carbocycles. The first-order valence-electron chi connectivity index (χ1n) is 5.39. The number of ether oxygens (including phenoxy) is 1. The largest absolute Gasteiger partial charge is 0.376 e. The third-order valence-corrected chi connectivity index (χ3v) is 2.61. The molecule has 1 aromatic rings. The Morgan fingerprint density at radius 3 is 2.80 bits per heavy atom. The summed E-state index contributed by atoms with van der Waals surface area (Å²) in [6.07, 6.45) is 2.09. The van der Waals surface area contributed by atoms with Crippen molar-refractivity contribution in [2.24, 2.45) is 5.73 Å². The van der Waals surface area contributed by atoms with Crippen LogP contribution in [-0.4, -0.2) is 22.9 Å².